The van der Waals surface area contributed by atoms with E-state index in [-0.39, 0.29) is 30.9 Å². The molecule has 2 saturated heterocycles. The summed E-state index contributed by atoms with van der Waals surface area (Å²) in [4.78, 5) is 32.0. The minimum atomic E-state index is -4.62. The number of hydrogen-bond acceptors (Lipinski definition) is 6. The Bertz CT molecular complexity index is 1200. The van der Waals surface area contributed by atoms with Gasteiger partial charge in [-0.2, -0.15) is 13.2 Å². The van der Waals surface area contributed by atoms with Crippen molar-refractivity contribution in [3.8, 4) is 5.88 Å². The summed E-state index contributed by atoms with van der Waals surface area (Å²) >= 11 is 0. The van der Waals surface area contributed by atoms with E-state index >= 15 is 0 Å². The SMILES string of the molecule is CCCCC1(C(=O)O)CC(OCc2cc(C(F)(F)F)cnc2OC)C(c2ccccc2C)N1C(=O)[C@@H]1CCO1. The van der Waals surface area contributed by atoms with Gasteiger partial charge in [0.2, 0.25) is 5.88 Å². The van der Waals surface area contributed by atoms with Crippen LogP contribution in [0.2, 0.25) is 0 Å². The lowest BCUT2D eigenvalue weighted by molar-refractivity contribution is -0.172. The van der Waals surface area contributed by atoms with Gasteiger partial charge < -0.3 is 24.2 Å². The molecule has 2 aliphatic heterocycles. The summed E-state index contributed by atoms with van der Waals surface area (Å²) < 4.78 is 57.1. The van der Waals surface area contributed by atoms with E-state index in [0.29, 0.717) is 37.6 Å². The topological polar surface area (TPSA) is 98.2 Å². The predicted octanol–water partition coefficient (Wildman–Crippen LogP) is 5.08. The van der Waals surface area contributed by atoms with Crippen LogP contribution in [0.5, 0.6) is 5.88 Å². The monoisotopic (exact) mass is 550 g/mol. The molecule has 8 nitrogen and oxygen atoms in total. The van der Waals surface area contributed by atoms with Crippen molar-refractivity contribution in [3.05, 3.63) is 58.8 Å². The number of aromatic nitrogens is 1. The number of alkyl halides is 3. The third kappa shape index (κ3) is 5.60. The van der Waals surface area contributed by atoms with Gasteiger partial charge in [0.25, 0.3) is 5.91 Å². The number of ether oxygens (including phenoxy) is 3. The first kappa shape index (κ1) is 28.8. The van der Waals surface area contributed by atoms with Gasteiger partial charge in [-0.1, -0.05) is 44.0 Å². The number of carboxylic acids is 1. The zero-order valence-electron chi connectivity index (χ0n) is 22.2. The maximum Gasteiger partial charge on any atom is 0.417 e. The van der Waals surface area contributed by atoms with Crippen LogP contribution in [-0.2, 0) is 31.8 Å². The van der Waals surface area contributed by atoms with Crippen LogP contribution in [0, 0.1) is 6.92 Å². The highest BCUT2D eigenvalue weighted by Gasteiger charge is 2.60. The van der Waals surface area contributed by atoms with Crippen molar-refractivity contribution in [1.29, 1.82) is 0 Å². The third-order valence-electron chi connectivity index (χ3n) is 7.59. The predicted molar refractivity (Wildman–Crippen MR) is 134 cm³/mol. The molecule has 0 saturated carbocycles. The van der Waals surface area contributed by atoms with Gasteiger partial charge in [0.1, 0.15) is 11.6 Å². The molecule has 1 N–H and O–H groups in total. The van der Waals surface area contributed by atoms with E-state index in [1.807, 2.05) is 32.0 Å². The highest BCUT2D eigenvalue weighted by atomic mass is 19.4. The van der Waals surface area contributed by atoms with E-state index in [0.717, 1.165) is 11.6 Å². The molecule has 2 aromatic rings. The number of pyridine rings is 1. The maximum absolute atomic E-state index is 13.8. The highest BCUT2D eigenvalue weighted by molar-refractivity contribution is 5.91. The molecule has 1 aromatic heterocycles. The van der Waals surface area contributed by atoms with Crippen molar-refractivity contribution < 1.29 is 42.1 Å². The number of aliphatic carboxylic acids is 1. The first-order chi connectivity index (χ1) is 18.5. The van der Waals surface area contributed by atoms with Crippen LogP contribution in [0.15, 0.2) is 36.5 Å². The van der Waals surface area contributed by atoms with Crippen molar-refractivity contribution >= 4 is 11.9 Å². The van der Waals surface area contributed by atoms with E-state index in [4.69, 9.17) is 14.2 Å². The summed E-state index contributed by atoms with van der Waals surface area (Å²) in [7, 11) is 1.30. The lowest BCUT2D eigenvalue weighted by Gasteiger charge is -2.42. The number of carbonyl (C=O) groups is 2. The average Bonchev–Trinajstić information content (AvgIpc) is 3.20. The van der Waals surface area contributed by atoms with Crippen LogP contribution in [0.3, 0.4) is 0 Å². The molecule has 3 heterocycles. The number of amides is 1. The van der Waals surface area contributed by atoms with Crippen molar-refractivity contribution in [1.82, 2.24) is 9.88 Å². The van der Waals surface area contributed by atoms with Crippen LogP contribution in [0.1, 0.15) is 67.3 Å². The second-order valence-electron chi connectivity index (χ2n) is 10.0. The maximum atomic E-state index is 13.8. The summed E-state index contributed by atoms with van der Waals surface area (Å²) in [6, 6.07) is 7.45. The molecule has 39 heavy (non-hydrogen) atoms. The number of unbranched alkanes of at least 4 members (excludes halogenated alkanes) is 1. The Morgan fingerprint density at radius 2 is 2.00 bits per heavy atom. The smallest absolute Gasteiger partial charge is 0.417 e. The van der Waals surface area contributed by atoms with Crippen LogP contribution in [-0.4, -0.2) is 58.3 Å². The number of methoxy groups -OCH3 is 1. The summed E-state index contributed by atoms with van der Waals surface area (Å²) in [6.07, 6.45) is -3.58. The number of aryl methyl sites for hydroxylation is 1. The average molecular weight is 551 g/mol. The molecular formula is C28H33F3N2O6. The fraction of sp³-hybridized carbons (Fsp3) is 0.536. The molecular weight excluding hydrogens is 517 g/mol. The second kappa shape index (κ2) is 11.5. The summed E-state index contributed by atoms with van der Waals surface area (Å²) in [5, 5.41) is 10.6. The van der Waals surface area contributed by atoms with Gasteiger partial charge in [0.05, 0.1) is 38.0 Å². The molecule has 11 heteroatoms. The molecule has 4 atom stereocenters. The zero-order valence-corrected chi connectivity index (χ0v) is 22.2. The lowest BCUT2D eigenvalue weighted by atomic mass is 9.88. The fourth-order valence-corrected chi connectivity index (χ4v) is 5.44. The molecule has 0 radical (unpaired) electrons. The number of likely N-dealkylation sites (tertiary alicyclic amines) is 1. The molecule has 1 aromatic carbocycles. The van der Waals surface area contributed by atoms with Crippen molar-refractivity contribution in [2.75, 3.05) is 13.7 Å². The second-order valence-corrected chi connectivity index (χ2v) is 10.0. The quantitative estimate of drug-likeness (QED) is 0.441. The van der Waals surface area contributed by atoms with Gasteiger partial charge >= 0.3 is 12.1 Å². The molecule has 4 rings (SSSR count). The molecule has 2 aliphatic rings. The summed E-state index contributed by atoms with van der Waals surface area (Å²) in [5.74, 6) is -1.59. The summed E-state index contributed by atoms with van der Waals surface area (Å²) in [5.41, 5.74) is -0.912. The third-order valence-corrected chi connectivity index (χ3v) is 7.59. The Kier molecular flexibility index (Phi) is 8.51. The number of hydrogen-bond donors (Lipinski definition) is 1. The minimum Gasteiger partial charge on any atom is -0.481 e. The minimum absolute atomic E-state index is 0.0280. The molecule has 1 amide bonds. The molecule has 0 aliphatic carbocycles. The Morgan fingerprint density at radius 1 is 1.28 bits per heavy atom. The van der Waals surface area contributed by atoms with Gasteiger partial charge in [-0.3, -0.25) is 4.79 Å². The molecule has 2 fully saturated rings. The normalized spacial score (nSPS) is 24.9. The number of carbonyl (C=O) groups excluding carboxylic acids is 1. The van der Waals surface area contributed by atoms with Crippen molar-refractivity contribution in [2.45, 2.75) is 82.5 Å². The first-order valence-corrected chi connectivity index (χ1v) is 13.0. The Balaban J connectivity index is 1.78. The van der Waals surface area contributed by atoms with Crippen LogP contribution >= 0.6 is 0 Å². The van der Waals surface area contributed by atoms with E-state index in [2.05, 4.69) is 4.98 Å². The van der Waals surface area contributed by atoms with E-state index in [9.17, 15) is 27.9 Å². The molecule has 0 spiro atoms. The van der Waals surface area contributed by atoms with Crippen molar-refractivity contribution in [3.63, 3.8) is 0 Å². The van der Waals surface area contributed by atoms with Gasteiger partial charge in [0, 0.05) is 24.6 Å². The number of benzene rings is 1. The standard InChI is InChI=1S/C28H33F3N2O6/c1-4-5-11-27(26(35)36)14-22(39-16-18-13-19(28(29,30)31)15-32-24(18)37-3)23(20-9-7-6-8-17(20)2)33(27)25(34)21-10-12-38-21/h6-9,13,15,21-23H,4-5,10-12,14,16H2,1-3H3,(H,35,36)/t21-,22?,23?,27?/m0/s1. The van der Waals surface area contributed by atoms with Gasteiger partial charge in [-0.25, -0.2) is 9.78 Å². The van der Waals surface area contributed by atoms with E-state index in [1.54, 1.807) is 6.07 Å². The fourth-order valence-electron chi connectivity index (χ4n) is 5.44. The van der Waals surface area contributed by atoms with Gasteiger partial charge in [0.15, 0.2) is 0 Å². The number of rotatable bonds is 10. The van der Waals surface area contributed by atoms with E-state index < -0.39 is 47.4 Å². The lowest BCUT2D eigenvalue weighted by Crippen LogP contribution is -2.58. The Labute approximate surface area is 225 Å². The highest BCUT2D eigenvalue weighted by Crippen LogP contribution is 2.49. The number of halogens is 3. The number of nitrogens with zero attached hydrogens (tertiary/aromatic N) is 2. The van der Waals surface area contributed by atoms with Crippen molar-refractivity contribution in [2.24, 2.45) is 0 Å². The van der Waals surface area contributed by atoms with Gasteiger partial charge in [-0.05, 0) is 30.5 Å². The largest absolute Gasteiger partial charge is 0.481 e. The first-order valence-electron chi connectivity index (χ1n) is 13.0. The Hall–Kier alpha value is -3.18. The zero-order chi connectivity index (χ0) is 28.4. The molecule has 3 unspecified atom stereocenters. The Morgan fingerprint density at radius 3 is 2.56 bits per heavy atom. The van der Waals surface area contributed by atoms with Crippen LogP contribution < -0.4 is 4.74 Å². The van der Waals surface area contributed by atoms with Crippen LogP contribution in [0.4, 0.5) is 13.2 Å². The number of carboxylic acid groups (broad SMARTS) is 1. The van der Waals surface area contributed by atoms with Gasteiger partial charge in [-0.15, -0.1) is 0 Å². The van der Waals surface area contributed by atoms with E-state index in [1.165, 1.54) is 12.0 Å². The molecule has 0 bridgehead atoms. The van der Waals surface area contributed by atoms with Crippen LogP contribution in [0.25, 0.3) is 0 Å². The molecule has 212 valence electrons. The summed E-state index contributed by atoms with van der Waals surface area (Å²) in [6.45, 7) is 3.89.